The summed E-state index contributed by atoms with van der Waals surface area (Å²) in [6.45, 7) is 5.53. The largest absolute Gasteiger partial charge is 0.384 e. The summed E-state index contributed by atoms with van der Waals surface area (Å²) in [4.78, 5) is 12.1. The van der Waals surface area contributed by atoms with E-state index in [1.54, 1.807) is 7.11 Å². The number of carbonyl (C=O) groups excluding carboxylic acids is 1. The zero-order valence-electron chi connectivity index (χ0n) is 13.8. The van der Waals surface area contributed by atoms with Crippen molar-refractivity contribution in [2.24, 2.45) is 5.41 Å². The third-order valence-corrected chi connectivity index (χ3v) is 4.66. The van der Waals surface area contributed by atoms with Gasteiger partial charge in [-0.15, -0.1) is 0 Å². The predicted octanol–water partition coefficient (Wildman–Crippen LogP) is 2.06. The first-order valence-electron chi connectivity index (χ1n) is 8.16. The molecular formula is C18H28N2O2. The third-order valence-electron chi connectivity index (χ3n) is 4.66. The molecular weight excluding hydrogens is 276 g/mol. The van der Waals surface area contributed by atoms with Gasteiger partial charge in [-0.2, -0.15) is 0 Å². The number of amides is 1. The Balaban J connectivity index is 1.80. The molecule has 1 aromatic rings. The first-order valence-corrected chi connectivity index (χ1v) is 8.16. The van der Waals surface area contributed by atoms with Crippen LogP contribution in [0.15, 0.2) is 24.3 Å². The van der Waals surface area contributed by atoms with E-state index in [0.717, 1.165) is 38.9 Å². The van der Waals surface area contributed by atoms with Gasteiger partial charge in [-0.05, 0) is 50.4 Å². The van der Waals surface area contributed by atoms with Gasteiger partial charge in [0, 0.05) is 25.5 Å². The van der Waals surface area contributed by atoms with Crippen LogP contribution in [0.3, 0.4) is 0 Å². The molecule has 1 aliphatic heterocycles. The number of piperidine rings is 1. The molecule has 4 nitrogen and oxygen atoms in total. The first-order chi connectivity index (χ1) is 10.7. The maximum atomic E-state index is 12.1. The van der Waals surface area contributed by atoms with Gasteiger partial charge in [0.15, 0.2) is 0 Å². The summed E-state index contributed by atoms with van der Waals surface area (Å²) in [7, 11) is 1.74. The first kappa shape index (κ1) is 17.0. The fourth-order valence-corrected chi connectivity index (χ4v) is 3.15. The number of carbonyl (C=O) groups is 1. The molecule has 0 radical (unpaired) electrons. The Kier molecular flexibility index (Phi) is 6.40. The zero-order valence-corrected chi connectivity index (χ0v) is 13.8. The lowest BCUT2D eigenvalue weighted by molar-refractivity contribution is -0.122. The number of methoxy groups -OCH3 is 1. The molecule has 2 N–H and O–H groups in total. The Morgan fingerprint density at radius 3 is 2.73 bits per heavy atom. The van der Waals surface area contributed by atoms with Crippen molar-refractivity contribution >= 4 is 5.91 Å². The fourth-order valence-electron chi connectivity index (χ4n) is 3.15. The van der Waals surface area contributed by atoms with E-state index >= 15 is 0 Å². The highest BCUT2D eigenvalue weighted by atomic mass is 16.5. The number of nitrogens with one attached hydrogen (secondary N) is 2. The molecule has 0 atom stereocenters. The molecule has 1 fully saturated rings. The zero-order chi connectivity index (χ0) is 15.8. The molecule has 1 aromatic carbocycles. The fraction of sp³-hybridized carbons (Fsp3) is 0.611. The minimum absolute atomic E-state index is 0.0956. The molecule has 2 rings (SSSR count). The quantitative estimate of drug-likeness (QED) is 0.811. The lowest BCUT2D eigenvalue weighted by Crippen LogP contribution is -2.47. The van der Waals surface area contributed by atoms with Crippen LogP contribution in [-0.2, 0) is 16.0 Å². The SMILES string of the molecule is COCC1(CNC(=O)CCc2ccccc2C)CCNCC1. The van der Waals surface area contributed by atoms with Gasteiger partial charge < -0.3 is 15.4 Å². The summed E-state index contributed by atoms with van der Waals surface area (Å²) >= 11 is 0. The van der Waals surface area contributed by atoms with Crippen LogP contribution < -0.4 is 10.6 Å². The highest BCUT2D eigenvalue weighted by Gasteiger charge is 2.32. The summed E-state index contributed by atoms with van der Waals surface area (Å²) in [5.41, 5.74) is 2.61. The van der Waals surface area contributed by atoms with Gasteiger partial charge in [-0.25, -0.2) is 0 Å². The van der Waals surface area contributed by atoms with Crippen molar-refractivity contribution < 1.29 is 9.53 Å². The molecule has 1 aliphatic rings. The maximum Gasteiger partial charge on any atom is 0.220 e. The standard InChI is InChI=1S/C18H28N2O2/c1-15-5-3-4-6-16(15)7-8-17(21)20-13-18(14-22-2)9-11-19-12-10-18/h3-6,19H,7-14H2,1-2H3,(H,20,21). The second-order valence-corrected chi connectivity index (χ2v) is 6.39. The molecule has 1 amide bonds. The Morgan fingerprint density at radius 2 is 2.05 bits per heavy atom. The van der Waals surface area contributed by atoms with Gasteiger partial charge in [0.05, 0.1) is 6.61 Å². The van der Waals surface area contributed by atoms with Crippen molar-refractivity contribution in [1.29, 1.82) is 0 Å². The summed E-state index contributed by atoms with van der Waals surface area (Å²) in [5, 5.41) is 6.49. The molecule has 0 spiro atoms. The number of hydrogen-bond acceptors (Lipinski definition) is 3. The molecule has 22 heavy (non-hydrogen) atoms. The molecule has 0 aromatic heterocycles. The Bertz CT molecular complexity index is 476. The van der Waals surface area contributed by atoms with Gasteiger partial charge in [-0.3, -0.25) is 4.79 Å². The molecule has 0 aliphatic carbocycles. The van der Waals surface area contributed by atoms with E-state index in [2.05, 4.69) is 29.7 Å². The number of aryl methyl sites for hydroxylation is 2. The average molecular weight is 304 g/mol. The van der Waals surface area contributed by atoms with Crippen LogP contribution in [0.2, 0.25) is 0 Å². The molecule has 1 heterocycles. The third kappa shape index (κ3) is 4.82. The summed E-state index contributed by atoms with van der Waals surface area (Å²) in [6.07, 6.45) is 3.46. The van der Waals surface area contributed by atoms with Gasteiger partial charge >= 0.3 is 0 Å². The van der Waals surface area contributed by atoms with E-state index in [1.165, 1.54) is 11.1 Å². The second kappa shape index (κ2) is 8.30. The van der Waals surface area contributed by atoms with Gasteiger partial charge in [0.25, 0.3) is 0 Å². The normalized spacial score (nSPS) is 17.2. The maximum absolute atomic E-state index is 12.1. The van der Waals surface area contributed by atoms with Crippen molar-refractivity contribution in [3.8, 4) is 0 Å². The Hall–Kier alpha value is -1.39. The number of hydrogen-bond donors (Lipinski definition) is 2. The highest BCUT2D eigenvalue weighted by molar-refractivity contribution is 5.76. The molecule has 0 unspecified atom stereocenters. The van der Waals surface area contributed by atoms with Crippen molar-refractivity contribution in [2.45, 2.75) is 32.6 Å². The van der Waals surface area contributed by atoms with Crippen LogP contribution in [-0.4, -0.2) is 39.3 Å². The van der Waals surface area contributed by atoms with E-state index in [9.17, 15) is 4.79 Å². The minimum atomic E-state index is 0.0956. The highest BCUT2D eigenvalue weighted by Crippen LogP contribution is 2.28. The Morgan fingerprint density at radius 1 is 1.32 bits per heavy atom. The van der Waals surface area contributed by atoms with Crippen LogP contribution in [0.5, 0.6) is 0 Å². The topological polar surface area (TPSA) is 50.4 Å². The van der Waals surface area contributed by atoms with Crippen molar-refractivity contribution in [2.75, 3.05) is 33.4 Å². The molecule has 1 saturated heterocycles. The monoisotopic (exact) mass is 304 g/mol. The molecule has 4 heteroatoms. The number of benzene rings is 1. The smallest absolute Gasteiger partial charge is 0.220 e. The molecule has 122 valence electrons. The second-order valence-electron chi connectivity index (χ2n) is 6.39. The van der Waals surface area contributed by atoms with Crippen LogP contribution >= 0.6 is 0 Å². The van der Waals surface area contributed by atoms with Crippen LogP contribution in [0.25, 0.3) is 0 Å². The lowest BCUT2D eigenvalue weighted by Gasteiger charge is -2.37. The van der Waals surface area contributed by atoms with Crippen LogP contribution in [0, 0.1) is 12.3 Å². The predicted molar refractivity (Wildman–Crippen MR) is 88.9 cm³/mol. The van der Waals surface area contributed by atoms with Crippen molar-refractivity contribution in [1.82, 2.24) is 10.6 Å². The average Bonchev–Trinajstić information content (AvgIpc) is 2.53. The van der Waals surface area contributed by atoms with E-state index in [-0.39, 0.29) is 11.3 Å². The van der Waals surface area contributed by atoms with E-state index in [4.69, 9.17) is 4.74 Å². The summed E-state index contributed by atoms with van der Waals surface area (Å²) in [5.74, 6) is 0.136. The number of ether oxygens (including phenoxy) is 1. The summed E-state index contributed by atoms with van der Waals surface area (Å²) < 4.78 is 5.38. The Labute approximate surface area is 133 Å². The van der Waals surface area contributed by atoms with E-state index in [1.807, 2.05) is 12.1 Å². The molecule has 0 saturated carbocycles. The van der Waals surface area contributed by atoms with E-state index < -0.39 is 0 Å². The number of rotatable bonds is 7. The van der Waals surface area contributed by atoms with Crippen molar-refractivity contribution in [3.05, 3.63) is 35.4 Å². The van der Waals surface area contributed by atoms with Gasteiger partial charge in [0.2, 0.25) is 5.91 Å². The van der Waals surface area contributed by atoms with Gasteiger partial charge in [-0.1, -0.05) is 24.3 Å². The molecule has 0 bridgehead atoms. The lowest BCUT2D eigenvalue weighted by atomic mass is 9.79. The van der Waals surface area contributed by atoms with Crippen LogP contribution in [0.4, 0.5) is 0 Å². The summed E-state index contributed by atoms with van der Waals surface area (Å²) in [6, 6.07) is 8.26. The van der Waals surface area contributed by atoms with Crippen LogP contribution in [0.1, 0.15) is 30.4 Å². The van der Waals surface area contributed by atoms with Crippen molar-refractivity contribution in [3.63, 3.8) is 0 Å². The minimum Gasteiger partial charge on any atom is -0.384 e. The van der Waals surface area contributed by atoms with E-state index in [0.29, 0.717) is 13.0 Å². The van der Waals surface area contributed by atoms with Gasteiger partial charge in [0.1, 0.15) is 0 Å².